The molecule has 2 unspecified atom stereocenters. The van der Waals surface area contributed by atoms with Gasteiger partial charge in [0.2, 0.25) is 5.91 Å². The number of allylic oxidation sites excluding steroid dienone is 1. The van der Waals surface area contributed by atoms with Gasteiger partial charge in [0, 0.05) is 25.7 Å². The summed E-state index contributed by atoms with van der Waals surface area (Å²) in [5, 5.41) is 3.37. The van der Waals surface area contributed by atoms with Gasteiger partial charge in [0.15, 0.2) is 0 Å². The van der Waals surface area contributed by atoms with Crippen LogP contribution < -0.4 is 5.32 Å². The van der Waals surface area contributed by atoms with Crippen LogP contribution in [0.5, 0.6) is 0 Å². The minimum absolute atomic E-state index is 0.186. The lowest BCUT2D eigenvalue weighted by atomic mass is 9.92. The zero-order chi connectivity index (χ0) is 9.97. The van der Waals surface area contributed by atoms with Crippen molar-refractivity contribution >= 4 is 5.91 Å². The van der Waals surface area contributed by atoms with Crippen molar-refractivity contribution < 1.29 is 4.79 Å². The first-order valence-corrected chi connectivity index (χ1v) is 5.47. The summed E-state index contributed by atoms with van der Waals surface area (Å²) in [6.45, 7) is 4.90. The van der Waals surface area contributed by atoms with E-state index in [1.807, 2.05) is 17.9 Å². The fraction of sp³-hybridized carbons (Fsp3) is 0.727. The molecule has 2 rings (SSSR count). The number of fused-ring (bicyclic) bond motifs is 1. The van der Waals surface area contributed by atoms with Crippen LogP contribution in [0.3, 0.4) is 0 Å². The van der Waals surface area contributed by atoms with E-state index < -0.39 is 0 Å². The topological polar surface area (TPSA) is 32.3 Å². The van der Waals surface area contributed by atoms with Crippen molar-refractivity contribution in [3.05, 3.63) is 12.2 Å². The molecule has 0 aromatic rings. The number of hydrogen-bond acceptors (Lipinski definition) is 2. The highest BCUT2D eigenvalue weighted by molar-refractivity contribution is 5.87. The molecule has 14 heavy (non-hydrogen) atoms. The Morgan fingerprint density at radius 2 is 2.36 bits per heavy atom. The van der Waals surface area contributed by atoms with E-state index in [-0.39, 0.29) is 5.91 Å². The third-order valence-corrected chi connectivity index (χ3v) is 3.27. The smallest absolute Gasteiger partial charge is 0.246 e. The van der Waals surface area contributed by atoms with Crippen molar-refractivity contribution in [1.29, 1.82) is 0 Å². The van der Waals surface area contributed by atoms with Gasteiger partial charge in [-0.25, -0.2) is 0 Å². The van der Waals surface area contributed by atoms with Crippen LogP contribution in [0.2, 0.25) is 0 Å². The fourth-order valence-electron chi connectivity index (χ4n) is 2.58. The summed E-state index contributed by atoms with van der Waals surface area (Å²) in [5.41, 5.74) is 0. The van der Waals surface area contributed by atoms with Crippen molar-refractivity contribution in [3.8, 4) is 0 Å². The number of carbonyl (C=O) groups is 1. The van der Waals surface area contributed by atoms with Gasteiger partial charge in [-0.1, -0.05) is 6.08 Å². The average Bonchev–Trinajstić information content (AvgIpc) is 2.65. The second kappa shape index (κ2) is 4.13. The first-order valence-electron chi connectivity index (χ1n) is 5.47. The van der Waals surface area contributed by atoms with E-state index in [0.29, 0.717) is 12.0 Å². The summed E-state index contributed by atoms with van der Waals surface area (Å²) in [7, 11) is 0. The molecule has 2 heterocycles. The van der Waals surface area contributed by atoms with Gasteiger partial charge in [-0.15, -0.1) is 0 Å². The molecule has 78 valence electrons. The van der Waals surface area contributed by atoms with Gasteiger partial charge in [0.1, 0.15) is 0 Å². The summed E-state index contributed by atoms with van der Waals surface area (Å²) in [6.07, 6.45) is 5.94. The van der Waals surface area contributed by atoms with E-state index in [9.17, 15) is 4.79 Å². The Kier molecular flexibility index (Phi) is 2.87. The molecule has 2 aliphatic rings. The number of amides is 1. The molecule has 1 amide bonds. The Morgan fingerprint density at radius 1 is 1.50 bits per heavy atom. The van der Waals surface area contributed by atoms with Crippen molar-refractivity contribution in [2.24, 2.45) is 5.92 Å². The summed E-state index contributed by atoms with van der Waals surface area (Å²) >= 11 is 0. The molecule has 3 heteroatoms. The molecule has 0 saturated carbocycles. The molecule has 0 aromatic carbocycles. The number of nitrogens with zero attached hydrogens (tertiary/aromatic N) is 1. The number of piperidine rings is 1. The van der Waals surface area contributed by atoms with E-state index >= 15 is 0 Å². The molecule has 2 aliphatic heterocycles. The molecule has 1 N–H and O–H groups in total. The predicted octanol–water partition coefficient (Wildman–Crippen LogP) is 0.773. The van der Waals surface area contributed by atoms with Crippen LogP contribution in [0.25, 0.3) is 0 Å². The lowest BCUT2D eigenvalue weighted by Gasteiger charge is -2.36. The Bertz CT molecular complexity index is 250. The molecule has 0 aromatic heterocycles. The minimum atomic E-state index is 0.186. The van der Waals surface area contributed by atoms with Crippen molar-refractivity contribution in [3.63, 3.8) is 0 Å². The van der Waals surface area contributed by atoms with Gasteiger partial charge in [-0.3, -0.25) is 4.79 Å². The Labute approximate surface area is 85.2 Å². The number of carbonyl (C=O) groups excluding carboxylic acids is 1. The highest BCUT2D eigenvalue weighted by Crippen LogP contribution is 2.26. The zero-order valence-corrected chi connectivity index (χ0v) is 8.70. The molecule has 0 aliphatic carbocycles. The van der Waals surface area contributed by atoms with Crippen LogP contribution in [0, 0.1) is 5.92 Å². The third-order valence-electron chi connectivity index (χ3n) is 3.27. The van der Waals surface area contributed by atoms with Gasteiger partial charge in [-0.05, 0) is 31.8 Å². The summed E-state index contributed by atoms with van der Waals surface area (Å²) in [5.74, 6) is 0.879. The Morgan fingerprint density at radius 3 is 3.14 bits per heavy atom. The van der Waals surface area contributed by atoms with E-state index in [1.54, 1.807) is 6.08 Å². The fourth-order valence-corrected chi connectivity index (χ4v) is 2.58. The molecule has 2 atom stereocenters. The zero-order valence-electron chi connectivity index (χ0n) is 8.70. The molecule has 2 fully saturated rings. The quantitative estimate of drug-likeness (QED) is 0.625. The van der Waals surface area contributed by atoms with E-state index in [0.717, 1.165) is 26.1 Å². The normalized spacial score (nSPS) is 32.2. The van der Waals surface area contributed by atoms with Crippen molar-refractivity contribution in [2.45, 2.75) is 25.8 Å². The number of likely N-dealkylation sites (tertiary alicyclic amines) is 1. The molecule has 0 spiro atoms. The minimum Gasteiger partial charge on any atom is -0.335 e. The van der Waals surface area contributed by atoms with Crippen LogP contribution in [0.15, 0.2) is 12.2 Å². The molecular weight excluding hydrogens is 176 g/mol. The molecule has 0 bridgehead atoms. The lowest BCUT2D eigenvalue weighted by molar-refractivity contribution is -0.130. The lowest BCUT2D eigenvalue weighted by Crippen LogP contribution is -2.47. The van der Waals surface area contributed by atoms with E-state index in [4.69, 9.17) is 0 Å². The Hall–Kier alpha value is -0.830. The standard InChI is InChI=1S/C11H18N2O/c1-2-4-11(14)13-6-3-5-9-7-12-8-10(9)13/h2,4,9-10,12H,3,5-8H2,1H3/b4-2+. The van der Waals surface area contributed by atoms with Crippen LogP contribution in [0.4, 0.5) is 0 Å². The van der Waals surface area contributed by atoms with Gasteiger partial charge in [-0.2, -0.15) is 0 Å². The summed E-state index contributed by atoms with van der Waals surface area (Å²) < 4.78 is 0. The maximum Gasteiger partial charge on any atom is 0.246 e. The number of rotatable bonds is 1. The average molecular weight is 194 g/mol. The SMILES string of the molecule is C/C=C/C(=O)N1CCCC2CNCC21. The first-order chi connectivity index (χ1) is 6.83. The van der Waals surface area contributed by atoms with Crippen LogP contribution in [-0.2, 0) is 4.79 Å². The third kappa shape index (κ3) is 1.69. The number of hydrogen-bond donors (Lipinski definition) is 1. The van der Waals surface area contributed by atoms with Gasteiger partial charge >= 0.3 is 0 Å². The van der Waals surface area contributed by atoms with Crippen LogP contribution in [0.1, 0.15) is 19.8 Å². The predicted molar refractivity (Wildman–Crippen MR) is 55.9 cm³/mol. The summed E-state index contributed by atoms with van der Waals surface area (Å²) in [4.78, 5) is 13.8. The highest BCUT2D eigenvalue weighted by atomic mass is 16.2. The van der Waals surface area contributed by atoms with Gasteiger partial charge in [0.05, 0.1) is 0 Å². The van der Waals surface area contributed by atoms with Crippen LogP contribution in [-0.4, -0.2) is 36.5 Å². The Balaban J connectivity index is 2.06. The van der Waals surface area contributed by atoms with E-state index in [1.165, 1.54) is 6.42 Å². The molecule has 2 saturated heterocycles. The molecular formula is C11H18N2O. The largest absolute Gasteiger partial charge is 0.335 e. The number of nitrogens with one attached hydrogen (secondary N) is 1. The molecule has 3 nitrogen and oxygen atoms in total. The maximum absolute atomic E-state index is 11.8. The first kappa shape index (κ1) is 9.71. The van der Waals surface area contributed by atoms with Crippen molar-refractivity contribution in [2.75, 3.05) is 19.6 Å². The maximum atomic E-state index is 11.8. The summed E-state index contributed by atoms with van der Waals surface area (Å²) in [6, 6.07) is 0.451. The molecule has 0 radical (unpaired) electrons. The van der Waals surface area contributed by atoms with E-state index in [2.05, 4.69) is 5.32 Å². The highest BCUT2D eigenvalue weighted by Gasteiger charge is 2.36. The van der Waals surface area contributed by atoms with Crippen LogP contribution >= 0.6 is 0 Å². The van der Waals surface area contributed by atoms with Gasteiger partial charge in [0.25, 0.3) is 0 Å². The monoisotopic (exact) mass is 194 g/mol. The second-order valence-corrected chi connectivity index (χ2v) is 4.16. The second-order valence-electron chi connectivity index (χ2n) is 4.16. The van der Waals surface area contributed by atoms with Crippen molar-refractivity contribution in [1.82, 2.24) is 10.2 Å². The van der Waals surface area contributed by atoms with Gasteiger partial charge < -0.3 is 10.2 Å².